The lowest BCUT2D eigenvalue weighted by Crippen LogP contribution is -2.43. The van der Waals surface area contributed by atoms with Crippen molar-refractivity contribution in [2.75, 3.05) is 18.4 Å². The van der Waals surface area contributed by atoms with E-state index in [2.05, 4.69) is 27.4 Å². The molecule has 1 atom stereocenters. The molecule has 0 saturated carbocycles. The van der Waals surface area contributed by atoms with Crippen LogP contribution in [0, 0.1) is 5.92 Å². The van der Waals surface area contributed by atoms with Crippen LogP contribution in [-0.4, -0.2) is 36.0 Å². The summed E-state index contributed by atoms with van der Waals surface area (Å²) < 4.78 is 0. The maximum absolute atomic E-state index is 11.7. The van der Waals surface area contributed by atoms with Crippen molar-refractivity contribution >= 4 is 41.7 Å². The zero-order chi connectivity index (χ0) is 17.5. The number of nitrogens with one attached hydrogen (secondary N) is 2. The molecule has 1 aliphatic rings. The van der Waals surface area contributed by atoms with Crippen LogP contribution in [0.3, 0.4) is 0 Å². The average Bonchev–Trinajstić information content (AvgIpc) is 2.53. The lowest BCUT2D eigenvalue weighted by molar-refractivity contribution is 0.250. The molecule has 25 heavy (non-hydrogen) atoms. The van der Waals surface area contributed by atoms with Crippen molar-refractivity contribution < 1.29 is 4.79 Å². The van der Waals surface area contributed by atoms with Crippen LogP contribution in [0.4, 0.5) is 10.5 Å². The molecule has 1 aliphatic heterocycles. The van der Waals surface area contributed by atoms with Gasteiger partial charge in [0.15, 0.2) is 5.96 Å². The third-order valence-electron chi connectivity index (χ3n) is 4.04. The van der Waals surface area contributed by atoms with Crippen molar-refractivity contribution in [2.24, 2.45) is 16.6 Å². The molecular formula is C18H30IN5O. The maximum Gasteiger partial charge on any atom is 0.319 e. The van der Waals surface area contributed by atoms with Gasteiger partial charge in [0.2, 0.25) is 0 Å². The first-order chi connectivity index (χ1) is 11.4. The Hall–Kier alpha value is -1.51. The standard InChI is InChI=1S/C18H29N5O.HI/c1-13(2)21-18(24)22-16-8-6-15(7-9-16)11-20-17(19)23-10-4-5-14(3)12-23;/h6-9,13-14H,4-5,10-12H2,1-3H3,(H2,19,20)(H2,21,22,24);1H. The molecule has 0 radical (unpaired) electrons. The normalized spacial score (nSPS) is 17.8. The Labute approximate surface area is 167 Å². The maximum atomic E-state index is 11.7. The number of aliphatic imine (C=N–C) groups is 1. The highest BCUT2D eigenvalue weighted by Crippen LogP contribution is 2.15. The van der Waals surface area contributed by atoms with Gasteiger partial charge >= 0.3 is 6.03 Å². The van der Waals surface area contributed by atoms with Crippen LogP contribution in [0.25, 0.3) is 0 Å². The summed E-state index contributed by atoms with van der Waals surface area (Å²) in [6.45, 7) is 8.63. The number of nitrogens with two attached hydrogens (primary N) is 1. The third-order valence-corrected chi connectivity index (χ3v) is 4.04. The topological polar surface area (TPSA) is 82.8 Å². The number of rotatable bonds is 4. The number of hydrogen-bond acceptors (Lipinski definition) is 2. The molecule has 7 heteroatoms. The molecule has 1 aromatic carbocycles. The van der Waals surface area contributed by atoms with Crippen molar-refractivity contribution in [1.29, 1.82) is 0 Å². The Balaban J connectivity index is 0.00000312. The van der Waals surface area contributed by atoms with E-state index in [0.29, 0.717) is 18.4 Å². The van der Waals surface area contributed by atoms with Crippen molar-refractivity contribution in [1.82, 2.24) is 10.2 Å². The number of benzene rings is 1. The highest BCUT2D eigenvalue weighted by Gasteiger charge is 2.17. The van der Waals surface area contributed by atoms with Crippen molar-refractivity contribution in [3.8, 4) is 0 Å². The van der Waals surface area contributed by atoms with Gasteiger partial charge in [-0.05, 0) is 50.3 Å². The number of likely N-dealkylation sites (tertiary alicyclic amines) is 1. The Morgan fingerprint density at radius 2 is 2.04 bits per heavy atom. The molecule has 1 heterocycles. The van der Waals surface area contributed by atoms with Crippen LogP contribution >= 0.6 is 24.0 Å². The van der Waals surface area contributed by atoms with Gasteiger partial charge in [-0.15, -0.1) is 24.0 Å². The fourth-order valence-corrected chi connectivity index (χ4v) is 2.79. The van der Waals surface area contributed by atoms with E-state index in [1.54, 1.807) is 0 Å². The predicted octanol–water partition coefficient (Wildman–Crippen LogP) is 3.38. The van der Waals surface area contributed by atoms with E-state index in [4.69, 9.17) is 5.73 Å². The molecule has 0 bridgehead atoms. The summed E-state index contributed by atoms with van der Waals surface area (Å²) in [5, 5.41) is 5.59. The van der Waals surface area contributed by atoms with E-state index in [0.717, 1.165) is 24.3 Å². The van der Waals surface area contributed by atoms with Gasteiger partial charge in [-0.25, -0.2) is 9.79 Å². The number of carbonyl (C=O) groups is 1. The summed E-state index contributed by atoms with van der Waals surface area (Å²) in [6.07, 6.45) is 2.44. The largest absolute Gasteiger partial charge is 0.370 e. The summed E-state index contributed by atoms with van der Waals surface area (Å²) in [4.78, 5) is 18.3. The van der Waals surface area contributed by atoms with Gasteiger partial charge in [0.25, 0.3) is 0 Å². The Morgan fingerprint density at radius 1 is 1.36 bits per heavy atom. The number of urea groups is 1. The molecule has 4 N–H and O–H groups in total. The number of halogens is 1. The average molecular weight is 459 g/mol. The lowest BCUT2D eigenvalue weighted by Gasteiger charge is -2.31. The molecule has 1 fully saturated rings. The zero-order valence-corrected chi connectivity index (χ0v) is 17.6. The molecule has 0 spiro atoms. The van der Waals surface area contributed by atoms with E-state index in [1.807, 2.05) is 38.1 Å². The first-order valence-electron chi connectivity index (χ1n) is 8.65. The molecule has 2 rings (SSSR count). The number of anilines is 1. The molecule has 0 aromatic heterocycles. The molecule has 1 unspecified atom stereocenters. The van der Waals surface area contributed by atoms with E-state index in [-0.39, 0.29) is 36.0 Å². The highest BCUT2D eigenvalue weighted by atomic mass is 127. The van der Waals surface area contributed by atoms with Gasteiger partial charge in [0, 0.05) is 24.8 Å². The summed E-state index contributed by atoms with van der Waals surface area (Å²) in [7, 11) is 0. The van der Waals surface area contributed by atoms with Gasteiger partial charge in [-0.1, -0.05) is 19.1 Å². The van der Waals surface area contributed by atoms with Crippen LogP contribution in [0.15, 0.2) is 29.3 Å². The van der Waals surface area contributed by atoms with Crippen LogP contribution in [0.2, 0.25) is 0 Å². The van der Waals surface area contributed by atoms with Gasteiger partial charge in [-0.2, -0.15) is 0 Å². The minimum atomic E-state index is -0.195. The highest BCUT2D eigenvalue weighted by molar-refractivity contribution is 14.0. The Bertz CT molecular complexity index is 573. The fraction of sp³-hybridized carbons (Fsp3) is 0.556. The summed E-state index contributed by atoms with van der Waals surface area (Å²) >= 11 is 0. The van der Waals surface area contributed by atoms with E-state index in [1.165, 1.54) is 12.8 Å². The van der Waals surface area contributed by atoms with Crippen LogP contribution < -0.4 is 16.4 Å². The number of hydrogen-bond donors (Lipinski definition) is 3. The third kappa shape index (κ3) is 7.50. The first-order valence-corrected chi connectivity index (χ1v) is 8.65. The number of amides is 2. The second kappa shape index (κ2) is 10.5. The smallest absolute Gasteiger partial charge is 0.319 e. The van der Waals surface area contributed by atoms with Crippen molar-refractivity contribution in [2.45, 2.75) is 46.2 Å². The zero-order valence-electron chi connectivity index (χ0n) is 15.3. The van der Waals surface area contributed by atoms with Gasteiger partial charge in [0.05, 0.1) is 6.54 Å². The number of piperidine rings is 1. The van der Waals surface area contributed by atoms with Crippen molar-refractivity contribution in [3.63, 3.8) is 0 Å². The predicted molar refractivity (Wildman–Crippen MR) is 114 cm³/mol. The lowest BCUT2D eigenvalue weighted by atomic mass is 10.0. The molecule has 0 aliphatic carbocycles. The first kappa shape index (κ1) is 21.5. The molecule has 6 nitrogen and oxygen atoms in total. The van der Waals surface area contributed by atoms with Gasteiger partial charge in [-0.3, -0.25) is 0 Å². The summed E-state index contributed by atoms with van der Waals surface area (Å²) in [6, 6.07) is 7.59. The SMILES string of the molecule is CC1CCCN(C(N)=NCc2ccc(NC(=O)NC(C)C)cc2)C1.I. The molecule has 1 aromatic rings. The second-order valence-electron chi connectivity index (χ2n) is 6.82. The summed E-state index contributed by atoms with van der Waals surface area (Å²) in [5.41, 5.74) is 7.94. The Kier molecular flexibility index (Phi) is 9.02. The summed E-state index contributed by atoms with van der Waals surface area (Å²) in [5.74, 6) is 1.30. The quantitative estimate of drug-likeness (QED) is 0.367. The van der Waals surface area contributed by atoms with E-state index in [9.17, 15) is 4.79 Å². The van der Waals surface area contributed by atoms with Crippen molar-refractivity contribution in [3.05, 3.63) is 29.8 Å². The fourth-order valence-electron chi connectivity index (χ4n) is 2.79. The van der Waals surface area contributed by atoms with E-state index >= 15 is 0 Å². The number of nitrogens with zero attached hydrogens (tertiary/aromatic N) is 2. The molecule has 1 saturated heterocycles. The molecule has 2 amide bonds. The van der Waals surface area contributed by atoms with Crippen LogP contribution in [-0.2, 0) is 6.54 Å². The van der Waals surface area contributed by atoms with Gasteiger partial charge in [0.1, 0.15) is 0 Å². The molecule has 140 valence electrons. The van der Waals surface area contributed by atoms with Gasteiger partial charge < -0.3 is 21.3 Å². The monoisotopic (exact) mass is 459 g/mol. The number of guanidine groups is 1. The second-order valence-corrected chi connectivity index (χ2v) is 6.82. The minimum Gasteiger partial charge on any atom is -0.370 e. The minimum absolute atomic E-state index is 0. The Morgan fingerprint density at radius 3 is 2.64 bits per heavy atom. The van der Waals surface area contributed by atoms with Crippen LogP contribution in [0.5, 0.6) is 0 Å². The van der Waals surface area contributed by atoms with Crippen LogP contribution in [0.1, 0.15) is 39.2 Å². The number of carbonyl (C=O) groups excluding carboxylic acids is 1. The molecular weight excluding hydrogens is 429 g/mol. The van der Waals surface area contributed by atoms with E-state index < -0.39 is 0 Å².